The molecule has 5 heavy (non-hydrogen) atoms. The van der Waals surface area contributed by atoms with Crippen LogP contribution in [0.2, 0.25) is 0 Å². The molecule has 0 bridgehead atoms. The van der Waals surface area contributed by atoms with Crippen molar-refractivity contribution in [2.24, 2.45) is 0 Å². The van der Waals surface area contributed by atoms with Gasteiger partial charge in [-0.3, -0.25) is 0 Å². The number of hydrogen-bond donors (Lipinski definition) is 0. The van der Waals surface area contributed by atoms with Crippen molar-refractivity contribution in [1.29, 1.82) is 0 Å². The summed E-state index contributed by atoms with van der Waals surface area (Å²) in [6, 6.07) is 0. The molecule has 0 aromatic carbocycles. The molecule has 0 heterocycles. The van der Waals surface area contributed by atoms with Crippen LogP contribution in [0.15, 0.2) is 0 Å². The molecule has 0 saturated heterocycles. The van der Waals surface area contributed by atoms with Gasteiger partial charge >= 0.3 is 0 Å². The van der Waals surface area contributed by atoms with E-state index in [0.29, 0.717) is 0 Å². The molecule has 0 atom stereocenters. The molecule has 0 saturated carbocycles. The summed E-state index contributed by atoms with van der Waals surface area (Å²) < 4.78 is 0. The van der Waals surface area contributed by atoms with E-state index in [1.54, 1.807) is 0 Å². The van der Waals surface area contributed by atoms with E-state index in [1.807, 2.05) is 0 Å². The third-order valence-electron chi connectivity index (χ3n) is 0. The number of hydrogen-bond acceptors (Lipinski definition) is 0. The van der Waals surface area contributed by atoms with Gasteiger partial charge in [0.15, 0.2) is 0 Å². The van der Waals surface area contributed by atoms with Gasteiger partial charge in [-0.05, 0) is 0 Å². The Kier molecular flexibility index (Phi) is 387. The number of rotatable bonds is 0. The molecule has 5 heteroatoms. The second-order valence-electron chi connectivity index (χ2n) is 0. The molecule has 0 aromatic heterocycles. The molecule has 0 N–H and O–H groups in total. The largest absolute Gasteiger partial charge is 0 e. The Hall–Kier alpha value is 2.23. The fraction of sp³-hybridized carbons (Fsp3) is 0. The maximum absolute atomic E-state index is 0. The standard InChI is InChI=1S/Al.B.Ni.Pb.Si. The molecule has 24 valence electrons. The minimum absolute atomic E-state index is 0. The Bertz CT molecular complexity index is 11.6. The first-order valence-corrected chi connectivity index (χ1v) is 0. The molecule has 0 aromatic rings. The first kappa shape index (κ1) is 56.4. The summed E-state index contributed by atoms with van der Waals surface area (Å²) >= 11 is 0. The van der Waals surface area contributed by atoms with Crippen molar-refractivity contribution in [3.05, 3.63) is 0 Å². The van der Waals surface area contributed by atoms with E-state index in [2.05, 4.69) is 0 Å². The first-order valence-electron chi connectivity index (χ1n) is 0. The van der Waals surface area contributed by atoms with Gasteiger partial charge in [0.25, 0.3) is 0 Å². The molecule has 0 fully saturated rings. The first-order chi connectivity index (χ1) is 0. The van der Waals surface area contributed by atoms with E-state index in [-0.39, 0.29) is 80.5 Å². The van der Waals surface area contributed by atoms with Crippen LogP contribution in [0.4, 0.5) is 0 Å². The zero-order valence-electron chi connectivity index (χ0n) is 2.47. The van der Waals surface area contributed by atoms with Crippen LogP contribution in [0.25, 0.3) is 0 Å². The average Bonchev–Trinajstić information content (AvgIpc) is 0. The zero-order valence-corrected chi connectivity index (χ0v) is 9.50. The smallest absolute Gasteiger partial charge is 0 e. The molecule has 0 amide bonds. The predicted molar refractivity (Wildman–Crippen MR) is 23.0 cm³/mol. The quantitative estimate of drug-likeness (QED) is 0.473. The topological polar surface area (TPSA) is 0 Å². The van der Waals surface area contributed by atoms with Crippen molar-refractivity contribution in [1.82, 2.24) is 0 Å². The summed E-state index contributed by atoms with van der Waals surface area (Å²) in [7, 11) is 0. The van der Waals surface area contributed by atoms with Gasteiger partial charge in [-0.1, -0.05) is 0 Å². The SMILES string of the molecule is [Al].[B].[Ni].[Pb].[Si]. The van der Waals surface area contributed by atoms with Crippen LogP contribution < -0.4 is 0 Å². The van der Waals surface area contributed by atoms with Gasteiger partial charge in [0.2, 0.25) is 0 Å². The van der Waals surface area contributed by atoms with Crippen molar-refractivity contribution < 1.29 is 16.5 Å². The predicted octanol–water partition coefficient (Wildman–Crippen LogP) is -1.53. The summed E-state index contributed by atoms with van der Waals surface area (Å²) in [4.78, 5) is 0. The summed E-state index contributed by atoms with van der Waals surface area (Å²) in [6.45, 7) is 0. The minimum atomic E-state index is 0. The van der Waals surface area contributed by atoms with Crippen molar-refractivity contribution in [2.45, 2.75) is 0 Å². The van der Waals surface area contributed by atoms with Gasteiger partial charge in [-0.25, -0.2) is 0 Å². The van der Waals surface area contributed by atoms with Gasteiger partial charge in [-0.15, -0.1) is 0 Å². The van der Waals surface area contributed by atoms with E-state index in [0.717, 1.165) is 0 Å². The average molecular weight is 332 g/mol. The maximum atomic E-state index is 0. The second-order valence-corrected chi connectivity index (χ2v) is 0. The van der Waals surface area contributed by atoms with E-state index in [4.69, 9.17) is 0 Å². The van der Waals surface area contributed by atoms with Crippen molar-refractivity contribution in [3.63, 3.8) is 0 Å². The summed E-state index contributed by atoms with van der Waals surface area (Å²) in [5.41, 5.74) is 0. The minimum Gasteiger partial charge on any atom is 0 e. The van der Waals surface area contributed by atoms with E-state index in [9.17, 15) is 0 Å². The third-order valence-corrected chi connectivity index (χ3v) is 0. The van der Waals surface area contributed by atoms with Gasteiger partial charge in [0.05, 0.1) is 0 Å². The van der Waals surface area contributed by atoms with Gasteiger partial charge in [0, 0.05) is 80.5 Å². The maximum Gasteiger partial charge on any atom is 0 e. The summed E-state index contributed by atoms with van der Waals surface area (Å²) in [5.74, 6) is 0. The Morgan fingerprint density at radius 3 is 1.00 bits per heavy atom. The van der Waals surface area contributed by atoms with E-state index >= 15 is 0 Å². The van der Waals surface area contributed by atoms with E-state index in [1.165, 1.54) is 0 Å². The van der Waals surface area contributed by atoms with Crippen LogP contribution in [0.1, 0.15) is 0 Å². The zero-order chi connectivity index (χ0) is 0. The molecule has 0 aliphatic heterocycles. The molecule has 0 rings (SSSR count). The Balaban J connectivity index is 0. The monoisotopic (exact) mass is 332 g/mol. The Morgan fingerprint density at radius 2 is 1.00 bits per heavy atom. The molecular formula is AlBNiPbSi. The molecule has 14 radical (unpaired) electrons. The molecule has 0 nitrogen and oxygen atoms in total. The molecular weight excluding hydrogens is 332 g/mol. The third kappa shape index (κ3) is 22.4. The van der Waals surface area contributed by atoms with E-state index < -0.39 is 0 Å². The molecule has 0 aliphatic rings. The molecule has 0 spiro atoms. The van der Waals surface area contributed by atoms with Crippen molar-refractivity contribution in [3.8, 4) is 0 Å². The Morgan fingerprint density at radius 1 is 1.00 bits per heavy atom. The summed E-state index contributed by atoms with van der Waals surface area (Å²) in [6.07, 6.45) is 0. The normalized spacial score (nSPS) is 0. The summed E-state index contributed by atoms with van der Waals surface area (Å²) in [5, 5.41) is 0. The van der Waals surface area contributed by atoms with Gasteiger partial charge in [-0.2, -0.15) is 0 Å². The fourth-order valence-corrected chi connectivity index (χ4v) is 0. The van der Waals surface area contributed by atoms with Crippen LogP contribution in [0.3, 0.4) is 0 Å². The van der Waals surface area contributed by atoms with Gasteiger partial charge < -0.3 is 0 Å². The van der Waals surface area contributed by atoms with Crippen molar-refractivity contribution >= 4 is 64.0 Å². The van der Waals surface area contributed by atoms with Crippen LogP contribution >= 0.6 is 0 Å². The van der Waals surface area contributed by atoms with Gasteiger partial charge in [0.1, 0.15) is 0 Å². The van der Waals surface area contributed by atoms with Crippen LogP contribution in [0, 0.1) is 0 Å². The van der Waals surface area contributed by atoms with Crippen LogP contribution in [0.5, 0.6) is 0 Å². The molecule has 0 aliphatic carbocycles. The van der Waals surface area contributed by atoms with Crippen molar-refractivity contribution in [2.75, 3.05) is 0 Å². The fourth-order valence-electron chi connectivity index (χ4n) is 0. The van der Waals surface area contributed by atoms with Crippen LogP contribution in [-0.2, 0) is 16.5 Å². The molecule has 0 unspecified atom stereocenters. The van der Waals surface area contributed by atoms with Crippen LogP contribution in [-0.4, -0.2) is 64.0 Å². The second kappa shape index (κ2) is 34.3. The Labute approximate surface area is 79.7 Å².